The van der Waals surface area contributed by atoms with Crippen molar-refractivity contribution >= 4 is 17.6 Å². The van der Waals surface area contributed by atoms with Crippen molar-refractivity contribution in [3.05, 3.63) is 29.3 Å². The zero-order chi connectivity index (χ0) is 14.5. The van der Waals surface area contributed by atoms with E-state index in [4.69, 9.17) is 15.7 Å². The molecule has 1 aromatic rings. The van der Waals surface area contributed by atoms with E-state index in [9.17, 15) is 0 Å². The summed E-state index contributed by atoms with van der Waals surface area (Å²) < 4.78 is 5.32. The Balaban J connectivity index is 2.13. The van der Waals surface area contributed by atoms with E-state index < -0.39 is 0 Å². The van der Waals surface area contributed by atoms with Gasteiger partial charge >= 0.3 is 0 Å². The van der Waals surface area contributed by atoms with Crippen molar-refractivity contribution in [3.8, 4) is 5.75 Å². The molecule has 20 heavy (non-hydrogen) atoms. The van der Waals surface area contributed by atoms with Crippen molar-refractivity contribution in [2.45, 2.75) is 18.7 Å². The van der Waals surface area contributed by atoms with Crippen molar-refractivity contribution in [1.82, 2.24) is 4.90 Å². The van der Waals surface area contributed by atoms with E-state index in [1.54, 1.807) is 7.11 Å². The number of oxime groups is 1. The molecule has 1 heterocycles. The number of methoxy groups -OCH3 is 1. The molecule has 6 heteroatoms. The molecule has 110 valence electrons. The minimum Gasteiger partial charge on any atom is -0.496 e. The van der Waals surface area contributed by atoms with Crippen LogP contribution in [0.25, 0.3) is 0 Å². The Morgan fingerprint density at radius 2 is 2.40 bits per heavy atom. The van der Waals surface area contributed by atoms with Gasteiger partial charge in [0, 0.05) is 30.6 Å². The molecule has 1 aliphatic rings. The van der Waals surface area contributed by atoms with Crippen LogP contribution in [-0.4, -0.2) is 47.1 Å². The topological polar surface area (TPSA) is 71.1 Å². The average Bonchev–Trinajstić information content (AvgIpc) is 2.46. The molecule has 2 rings (SSSR count). The highest BCUT2D eigenvalue weighted by Gasteiger charge is 2.17. The van der Waals surface area contributed by atoms with E-state index in [0.29, 0.717) is 16.6 Å². The summed E-state index contributed by atoms with van der Waals surface area (Å²) in [5.41, 5.74) is 7.42. The molecular formula is C14H21N3O2S. The van der Waals surface area contributed by atoms with E-state index >= 15 is 0 Å². The van der Waals surface area contributed by atoms with Crippen LogP contribution in [0.4, 0.5) is 0 Å². The number of nitrogens with two attached hydrogens (primary N) is 1. The second-order valence-corrected chi connectivity index (χ2v) is 6.48. The number of rotatable bonds is 4. The Morgan fingerprint density at radius 1 is 1.60 bits per heavy atom. The van der Waals surface area contributed by atoms with Crippen LogP contribution >= 0.6 is 11.8 Å². The van der Waals surface area contributed by atoms with Gasteiger partial charge in [-0.15, -0.1) is 0 Å². The van der Waals surface area contributed by atoms with E-state index in [0.717, 1.165) is 19.6 Å². The van der Waals surface area contributed by atoms with Crippen LogP contribution in [0.1, 0.15) is 18.1 Å². The molecule has 1 unspecified atom stereocenters. The maximum Gasteiger partial charge on any atom is 0.173 e. The summed E-state index contributed by atoms with van der Waals surface area (Å²) in [6.45, 7) is 5.38. The van der Waals surface area contributed by atoms with Gasteiger partial charge < -0.3 is 15.7 Å². The van der Waals surface area contributed by atoms with Gasteiger partial charge in [0.2, 0.25) is 0 Å². The van der Waals surface area contributed by atoms with Gasteiger partial charge in [0.1, 0.15) is 5.75 Å². The molecule has 1 saturated heterocycles. The molecule has 1 fully saturated rings. The number of benzene rings is 1. The summed E-state index contributed by atoms with van der Waals surface area (Å²) in [7, 11) is 1.59. The minimum absolute atomic E-state index is 0.0661. The highest BCUT2D eigenvalue weighted by atomic mass is 32.2. The van der Waals surface area contributed by atoms with Gasteiger partial charge in [-0.2, -0.15) is 11.8 Å². The molecular weight excluding hydrogens is 274 g/mol. The van der Waals surface area contributed by atoms with Crippen LogP contribution in [0.2, 0.25) is 0 Å². The van der Waals surface area contributed by atoms with Gasteiger partial charge in [-0.3, -0.25) is 4.90 Å². The zero-order valence-corrected chi connectivity index (χ0v) is 12.7. The van der Waals surface area contributed by atoms with Crippen molar-refractivity contribution in [2.75, 3.05) is 26.0 Å². The van der Waals surface area contributed by atoms with E-state index in [1.165, 1.54) is 11.3 Å². The Labute approximate surface area is 123 Å². The molecule has 0 saturated carbocycles. The fourth-order valence-electron chi connectivity index (χ4n) is 2.39. The minimum atomic E-state index is 0.0661. The second-order valence-electron chi connectivity index (χ2n) is 4.94. The Morgan fingerprint density at radius 3 is 3.05 bits per heavy atom. The monoisotopic (exact) mass is 295 g/mol. The van der Waals surface area contributed by atoms with Crippen molar-refractivity contribution < 1.29 is 9.94 Å². The molecule has 0 aliphatic carbocycles. The third kappa shape index (κ3) is 3.58. The predicted octanol–water partition coefficient (Wildman–Crippen LogP) is 1.73. The molecule has 0 radical (unpaired) electrons. The van der Waals surface area contributed by atoms with Gasteiger partial charge in [-0.25, -0.2) is 0 Å². The maximum absolute atomic E-state index is 8.76. The molecule has 1 atom stereocenters. The van der Waals surface area contributed by atoms with Crippen molar-refractivity contribution in [3.63, 3.8) is 0 Å². The largest absolute Gasteiger partial charge is 0.496 e. The number of hydrogen-bond acceptors (Lipinski definition) is 5. The summed E-state index contributed by atoms with van der Waals surface area (Å²) in [5, 5.41) is 12.5. The third-order valence-electron chi connectivity index (χ3n) is 3.38. The van der Waals surface area contributed by atoms with Gasteiger partial charge in [0.05, 0.1) is 12.7 Å². The summed E-state index contributed by atoms with van der Waals surface area (Å²) in [6.07, 6.45) is 0. The molecule has 0 spiro atoms. The Bertz CT molecular complexity index is 493. The van der Waals surface area contributed by atoms with Gasteiger partial charge in [0.25, 0.3) is 0 Å². The average molecular weight is 295 g/mol. The lowest BCUT2D eigenvalue weighted by Crippen LogP contribution is -2.36. The fourth-order valence-corrected chi connectivity index (χ4v) is 3.47. The smallest absolute Gasteiger partial charge is 0.173 e. The quantitative estimate of drug-likeness (QED) is 0.383. The molecule has 5 nitrogen and oxygen atoms in total. The van der Waals surface area contributed by atoms with Crippen LogP contribution in [-0.2, 0) is 6.54 Å². The third-order valence-corrected chi connectivity index (χ3v) is 4.52. The van der Waals surface area contributed by atoms with Crippen LogP contribution in [0.5, 0.6) is 5.75 Å². The van der Waals surface area contributed by atoms with Crippen LogP contribution < -0.4 is 10.5 Å². The lowest BCUT2D eigenvalue weighted by atomic mass is 10.1. The van der Waals surface area contributed by atoms with Crippen LogP contribution in [0.15, 0.2) is 23.4 Å². The lowest BCUT2D eigenvalue weighted by molar-refractivity contribution is 0.278. The first-order valence-corrected chi connectivity index (χ1v) is 7.67. The maximum atomic E-state index is 8.76. The number of nitrogens with zero attached hydrogens (tertiary/aromatic N) is 2. The first-order valence-electron chi connectivity index (χ1n) is 6.62. The first kappa shape index (κ1) is 15.0. The summed E-state index contributed by atoms with van der Waals surface area (Å²) >= 11 is 2.02. The van der Waals surface area contributed by atoms with Crippen molar-refractivity contribution in [1.29, 1.82) is 0 Å². The van der Waals surface area contributed by atoms with Crippen molar-refractivity contribution in [2.24, 2.45) is 10.9 Å². The van der Waals surface area contributed by atoms with Crippen LogP contribution in [0, 0.1) is 0 Å². The molecule has 1 aliphatic heterocycles. The molecule has 0 bridgehead atoms. The lowest BCUT2D eigenvalue weighted by Gasteiger charge is -2.30. The summed E-state index contributed by atoms with van der Waals surface area (Å²) in [5.74, 6) is 1.88. The molecule has 0 aromatic heterocycles. The van der Waals surface area contributed by atoms with E-state index in [2.05, 4.69) is 17.0 Å². The molecule has 1 aromatic carbocycles. The number of hydrogen-bond donors (Lipinski definition) is 2. The fraction of sp³-hybridized carbons (Fsp3) is 0.500. The second kappa shape index (κ2) is 6.85. The SMILES string of the molecule is COc1cc(CN2CCSC(C)C2)ccc1/C(N)=N/O. The highest BCUT2D eigenvalue weighted by molar-refractivity contribution is 7.99. The van der Waals surface area contributed by atoms with E-state index in [1.807, 2.05) is 30.0 Å². The van der Waals surface area contributed by atoms with Gasteiger partial charge in [-0.05, 0) is 17.7 Å². The molecule has 0 amide bonds. The molecule has 3 N–H and O–H groups in total. The normalized spacial score (nSPS) is 20.9. The number of ether oxygens (including phenoxy) is 1. The zero-order valence-electron chi connectivity index (χ0n) is 11.9. The first-order chi connectivity index (χ1) is 9.63. The standard InChI is InChI=1S/C14H21N3O2S/c1-10-8-17(5-6-20-10)9-11-3-4-12(14(15)16-18)13(7-11)19-2/h3-4,7,10,18H,5-6,8-9H2,1-2H3,(H2,15,16). The van der Waals surface area contributed by atoms with Crippen LogP contribution in [0.3, 0.4) is 0 Å². The van der Waals surface area contributed by atoms with Gasteiger partial charge in [-0.1, -0.05) is 18.1 Å². The Kier molecular flexibility index (Phi) is 5.14. The summed E-state index contributed by atoms with van der Waals surface area (Å²) in [6, 6.07) is 5.80. The summed E-state index contributed by atoms with van der Waals surface area (Å²) in [4.78, 5) is 2.44. The highest BCUT2D eigenvalue weighted by Crippen LogP contribution is 2.23. The van der Waals surface area contributed by atoms with Gasteiger partial charge in [0.15, 0.2) is 5.84 Å². The van der Waals surface area contributed by atoms with E-state index in [-0.39, 0.29) is 5.84 Å². The predicted molar refractivity (Wildman–Crippen MR) is 82.7 cm³/mol. The number of thioether (sulfide) groups is 1. The Hall–Kier alpha value is -1.40. The number of amidine groups is 1.